The van der Waals surface area contributed by atoms with Crippen LogP contribution in [0.1, 0.15) is 0 Å². The van der Waals surface area contributed by atoms with Crippen LogP contribution in [0.4, 0.5) is 4.79 Å². The number of alkyl carbamates (subject to hydrolysis) is 1. The second-order valence-electron chi connectivity index (χ2n) is 2.65. The highest BCUT2D eigenvalue weighted by atomic mass is 16.5. The van der Waals surface area contributed by atoms with Gasteiger partial charge in [0.2, 0.25) is 0 Å². The first-order valence-electron chi connectivity index (χ1n) is 3.92. The molecule has 0 aliphatic rings. The fourth-order valence-corrected chi connectivity index (χ4v) is 0.546. The van der Waals surface area contributed by atoms with Crippen molar-refractivity contribution < 1.29 is 9.53 Å². The van der Waals surface area contributed by atoms with E-state index in [-0.39, 0.29) is 0 Å². The number of amides is 1. The minimum atomic E-state index is -0.401. The molecular weight excluding hydrogens is 158 g/mol. The Balaban J connectivity index is 3.20. The molecule has 1 amide bonds. The molecule has 0 saturated heterocycles. The van der Waals surface area contributed by atoms with Gasteiger partial charge >= 0.3 is 6.09 Å². The van der Waals surface area contributed by atoms with Crippen LogP contribution in [0.15, 0.2) is 0 Å². The number of carbonyl (C=O) groups excluding carboxylic acids is 1. The standard InChI is InChI=1S/C7H17N3O2/c1-10(2)5-6-12-7(11)9-4-3-8/h3-6,8H2,1-2H3,(H,9,11). The van der Waals surface area contributed by atoms with Crippen LogP contribution in [0.25, 0.3) is 0 Å². The van der Waals surface area contributed by atoms with E-state index in [1.165, 1.54) is 0 Å². The van der Waals surface area contributed by atoms with Crippen LogP contribution in [0.5, 0.6) is 0 Å². The second-order valence-corrected chi connectivity index (χ2v) is 2.65. The van der Waals surface area contributed by atoms with Crippen molar-refractivity contribution in [1.82, 2.24) is 10.2 Å². The van der Waals surface area contributed by atoms with Gasteiger partial charge in [0.15, 0.2) is 0 Å². The smallest absolute Gasteiger partial charge is 0.407 e. The molecule has 0 aromatic carbocycles. The van der Waals surface area contributed by atoms with Gasteiger partial charge in [-0.2, -0.15) is 0 Å². The van der Waals surface area contributed by atoms with E-state index in [9.17, 15) is 4.79 Å². The maximum atomic E-state index is 10.8. The Kier molecular flexibility index (Phi) is 6.41. The van der Waals surface area contributed by atoms with Gasteiger partial charge in [-0.3, -0.25) is 0 Å². The predicted octanol–water partition coefficient (Wildman–Crippen LogP) is -0.767. The number of nitrogens with one attached hydrogen (secondary N) is 1. The summed E-state index contributed by atoms with van der Waals surface area (Å²) in [6, 6.07) is 0. The van der Waals surface area contributed by atoms with Gasteiger partial charge < -0.3 is 20.7 Å². The Morgan fingerprint density at radius 1 is 1.58 bits per heavy atom. The van der Waals surface area contributed by atoms with E-state index in [0.717, 1.165) is 6.54 Å². The average molecular weight is 175 g/mol. The number of hydrogen-bond donors (Lipinski definition) is 2. The fourth-order valence-electron chi connectivity index (χ4n) is 0.546. The zero-order chi connectivity index (χ0) is 9.40. The van der Waals surface area contributed by atoms with Gasteiger partial charge in [-0.05, 0) is 14.1 Å². The van der Waals surface area contributed by atoms with Crippen molar-refractivity contribution in [3.63, 3.8) is 0 Å². The highest BCUT2D eigenvalue weighted by Gasteiger charge is 1.99. The molecule has 0 atom stereocenters. The van der Waals surface area contributed by atoms with Gasteiger partial charge in [-0.15, -0.1) is 0 Å². The molecule has 0 radical (unpaired) electrons. The highest BCUT2D eigenvalue weighted by Crippen LogP contribution is 1.79. The summed E-state index contributed by atoms with van der Waals surface area (Å²) < 4.78 is 4.81. The second kappa shape index (κ2) is 6.87. The lowest BCUT2D eigenvalue weighted by atomic mass is 10.6. The normalized spacial score (nSPS) is 10.0. The lowest BCUT2D eigenvalue weighted by Crippen LogP contribution is -2.31. The summed E-state index contributed by atoms with van der Waals surface area (Å²) in [5.41, 5.74) is 5.18. The molecule has 0 aromatic heterocycles. The van der Waals surface area contributed by atoms with Crippen LogP contribution in [0, 0.1) is 0 Å². The van der Waals surface area contributed by atoms with E-state index in [0.29, 0.717) is 19.7 Å². The summed E-state index contributed by atoms with van der Waals surface area (Å²) in [6.07, 6.45) is -0.401. The van der Waals surface area contributed by atoms with Crippen LogP contribution in [-0.4, -0.2) is 51.3 Å². The summed E-state index contributed by atoms with van der Waals surface area (Å²) in [5.74, 6) is 0. The molecule has 5 heteroatoms. The molecule has 72 valence electrons. The minimum Gasteiger partial charge on any atom is -0.448 e. The third-order valence-corrected chi connectivity index (χ3v) is 1.19. The maximum absolute atomic E-state index is 10.8. The Morgan fingerprint density at radius 2 is 2.25 bits per heavy atom. The molecule has 0 aromatic rings. The first-order valence-corrected chi connectivity index (χ1v) is 3.92. The molecule has 3 N–H and O–H groups in total. The Hall–Kier alpha value is -0.810. The van der Waals surface area contributed by atoms with E-state index in [2.05, 4.69) is 5.32 Å². The monoisotopic (exact) mass is 175 g/mol. The third-order valence-electron chi connectivity index (χ3n) is 1.19. The van der Waals surface area contributed by atoms with Gasteiger partial charge in [-0.25, -0.2) is 4.79 Å². The van der Waals surface area contributed by atoms with Crippen molar-refractivity contribution in [3.05, 3.63) is 0 Å². The molecule has 0 unspecified atom stereocenters. The number of nitrogens with two attached hydrogens (primary N) is 1. The maximum Gasteiger partial charge on any atom is 0.407 e. The zero-order valence-corrected chi connectivity index (χ0v) is 7.67. The number of nitrogens with zero attached hydrogens (tertiary/aromatic N) is 1. The molecular formula is C7H17N3O2. The molecule has 0 heterocycles. The quantitative estimate of drug-likeness (QED) is 0.576. The van der Waals surface area contributed by atoms with Gasteiger partial charge in [0.1, 0.15) is 6.61 Å². The molecule has 5 nitrogen and oxygen atoms in total. The largest absolute Gasteiger partial charge is 0.448 e. The average Bonchev–Trinajstić information content (AvgIpc) is 2.00. The Labute approximate surface area is 72.9 Å². The first kappa shape index (κ1) is 11.2. The van der Waals surface area contributed by atoms with Crippen molar-refractivity contribution in [2.24, 2.45) is 5.73 Å². The summed E-state index contributed by atoms with van der Waals surface area (Å²) in [6.45, 7) is 2.03. The van der Waals surface area contributed by atoms with Crippen molar-refractivity contribution in [1.29, 1.82) is 0 Å². The molecule has 0 spiro atoms. The van der Waals surface area contributed by atoms with Gasteiger partial charge in [0.05, 0.1) is 0 Å². The van der Waals surface area contributed by atoms with Gasteiger partial charge in [-0.1, -0.05) is 0 Å². The van der Waals surface area contributed by atoms with E-state index in [1.807, 2.05) is 19.0 Å². The fraction of sp³-hybridized carbons (Fsp3) is 0.857. The van der Waals surface area contributed by atoms with Crippen LogP contribution in [0.2, 0.25) is 0 Å². The summed E-state index contributed by atoms with van der Waals surface area (Å²) >= 11 is 0. The summed E-state index contributed by atoms with van der Waals surface area (Å²) in [5, 5.41) is 2.50. The predicted molar refractivity (Wildman–Crippen MR) is 47.0 cm³/mol. The Morgan fingerprint density at radius 3 is 2.75 bits per heavy atom. The lowest BCUT2D eigenvalue weighted by Gasteiger charge is -2.09. The van der Waals surface area contributed by atoms with Crippen LogP contribution in [-0.2, 0) is 4.74 Å². The number of hydrogen-bond acceptors (Lipinski definition) is 4. The van der Waals surface area contributed by atoms with Crippen LogP contribution < -0.4 is 11.1 Å². The minimum absolute atomic E-state index is 0.401. The summed E-state index contributed by atoms with van der Waals surface area (Å²) in [7, 11) is 3.84. The number of rotatable bonds is 5. The van der Waals surface area contributed by atoms with Crippen LogP contribution >= 0.6 is 0 Å². The van der Waals surface area contributed by atoms with E-state index in [1.54, 1.807) is 0 Å². The first-order chi connectivity index (χ1) is 5.66. The van der Waals surface area contributed by atoms with Gasteiger partial charge in [0.25, 0.3) is 0 Å². The number of carbonyl (C=O) groups is 1. The Bertz CT molecular complexity index is 128. The SMILES string of the molecule is CN(C)CCOC(=O)NCCN. The van der Waals surface area contributed by atoms with Crippen LogP contribution in [0.3, 0.4) is 0 Å². The van der Waals surface area contributed by atoms with Gasteiger partial charge in [0, 0.05) is 19.6 Å². The van der Waals surface area contributed by atoms with E-state index in [4.69, 9.17) is 10.5 Å². The van der Waals surface area contributed by atoms with Crippen molar-refractivity contribution >= 4 is 6.09 Å². The van der Waals surface area contributed by atoms with Crippen molar-refractivity contribution in [2.45, 2.75) is 0 Å². The molecule has 0 aliphatic heterocycles. The van der Waals surface area contributed by atoms with Crippen molar-refractivity contribution in [3.8, 4) is 0 Å². The molecule has 0 fully saturated rings. The zero-order valence-electron chi connectivity index (χ0n) is 7.67. The number of ether oxygens (including phenoxy) is 1. The molecule has 0 aliphatic carbocycles. The van der Waals surface area contributed by atoms with E-state index >= 15 is 0 Å². The third kappa shape index (κ3) is 7.30. The number of likely N-dealkylation sites (N-methyl/N-ethyl adjacent to an activating group) is 1. The van der Waals surface area contributed by atoms with E-state index < -0.39 is 6.09 Å². The summed E-state index contributed by atoms with van der Waals surface area (Å²) in [4.78, 5) is 12.7. The molecule has 12 heavy (non-hydrogen) atoms. The van der Waals surface area contributed by atoms with Crippen molar-refractivity contribution in [2.75, 3.05) is 40.3 Å². The lowest BCUT2D eigenvalue weighted by molar-refractivity contribution is 0.137. The topological polar surface area (TPSA) is 67.6 Å². The molecule has 0 saturated carbocycles. The highest BCUT2D eigenvalue weighted by molar-refractivity contribution is 5.67. The molecule has 0 rings (SSSR count). The molecule has 0 bridgehead atoms.